The summed E-state index contributed by atoms with van der Waals surface area (Å²) in [4.78, 5) is 15.0. The normalized spacial score (nSPS) is 14.3. The van der Waals surface area contributed by atoms with Crippen molar-refractivity contribution in [1.82, 2.24) is 15.5 Å². The molecule has 5 rings (SSSR count). The molecule has 0 unspecified atom stereocenters. The van der Waals surface area contributed by atoms with Crippen LogP contribution in [0.1, 0.15) is 64.8 Å². The Hall–Kier alpha value is -3.42. The van der Waals surface area contributed by atoms with Gasteiger partial charge in [-0.2, -0.15) is 0 Å². The van der Waals surface area contributed by atoms with Gasteiger partial charge in [0.1, 0.15) is 18.1 Å². The minimum Gasteiger partial charge on any atom is -0.486 e. The Morgan fingerprint density at radius 1 is 1.11 bits per heavy atom. The minimum atomic E-state index is -0.730. The number of nitrogens with zero attached hydrogens (tertiary/aromatic N) is 1. The zero-order valence-corrected chi connectivity index (χ0v) is 22.0. The number of H-pyrrole nitrogens is 1. The van der Waals surface area contributed by atoms with E-state index in [-0.39, 0.29) is 12.2 Å². The van der Waals surface area contributed by atoms with E-state index in [1.807, 2.05) is 19.9 Å². The van der Waals surface area contributed by atoms with E-state index in [1.54, 1.807) is 12.1 Å². The summed E-state index contributed by atoms with van der Waals surface area (Å²) < 4.78 is 11.3. The van der Waals surface area contributed by atoms with Crippen LogP contribution in [0.2, 0.25) is 0 Å². The van der Waals surface area contributed by atoms with Crippen molar-refractivity contribution < 1.29 is 14.4 Å². The van der Waals surface area contributed by atoms with Gasteiger partial charge in [0, 0.05) is 24.0 Å². The fourth-order valence-corrected chi connectivity index (χ4v) is 5.48. The molecule has 0 spiro atoms. The van der Waals surface area contributed by atoms with E-state index in [2.05, 4.69) is 41.4 Å². The molecule has 2 aromatic carbocycles. The molecule has 1 aliphatic carbocycles. The highest BCUT2D eigenvalue weighted by Gasteiger charge is 2.24. The van der Waals surface area contributed by atoms with Gasteiger partial charge in [0.25, 0.3) is 0 Å². The fourth-order valence-electron chi connectivity index (χ4n) is 5.48. The number of nitrogens with one attached hydrogen (secondary N) is 2. The van der Waals surface area contributed by atoms with Gasteiger partial charge in [0.15, 0.2) is 0 Å². The summed E-state index contributed by atoms with van der Waals surface area (Å²) in [5.41, 5.74) is 8.49. The second kappa shape index (κ2) is 10.5. The topological polar surface area (TPSA) is 100 Å². The summed E-state index contributed by atoms with van der Waals surface area (Å²) >= 11 is 0. The van der Waals surface area contributed by atoms with Crippen LogP contribution < -0.4 is 15.6 Å². The molecule has 2 aromatic heterocycles. The van der Waals surface area contributed by atoms with E-state index in [1.165, 1.54) is 28.3 Å². The third-order valence-corrected chi connectivity index (χ3v) is 7.62. The summed E-state index contributed by atoms with van der Waals surface area (Å²) in [6.45, 7) is 8.85. The van der Waals surface area contributed by atoms with E-state index in [9.17, 15) is 9.90 Å². The van der Waals surface area contributed by atoms with Crippen molar-refractivity contribution in [3.8, 4) is 5.75 Å². The first-order chi connectivity index (χ1) is 17.9. The third kappa shape index (κ3) is 5.06. The molecule has 3 N–H and O–H groups in total. The Morgan fingerprint density at radius 3 is 2.43 bits per heavy atom. The summed E-state index contributed by atoms with van der Waals surface area (Å²) in [5.74, 6) is 1.25. The van der Waals surface area contributed by atoms with Gasteiger partial charge in [-0.15, -0.1) is 0 Å². The second-order valence-electron chi connectivity index (χ2n) is 9.98. The van der Waals surface area contributed by atoms with Crippen molar-refractivity contribution in [2.75, 3.05) is 6.54 Å². The number of aromatic amines is 1. The van der Waals surface area contributed by atoms with Crippen LogP contribution in [0.25, 0.3) is 10.9 Å². The van der Waals surface area contributed by atoms with Crippen LogP contribution in [0, 0.1) is 13.8 Å². The number of pyridine rings is 1. The maximum Gasteiger partial charge on any atom is 0.248 e. The van der Waals surface area contributed by atoms with E-state index in [4.69, 9.17) is 9.26 Å². The largest absolute Gasteiger partial charge is 0.486 e. The molecule has 0 fully saturated rings. The van der Waals surface area contributed by atoms with Crippen LogP contribution in [-0.2, 0) is 32.3 Å². The van der Waals surface area contributed by atoms with Crippen molar-refractivity contribution >= 4 is 10.9 Å². The monoisotopic (exact) mass is 501 g/mol. The average Bonchev–Trinajstić information content (AvgIpc) is 3.45. The third-order valence-electron chi connectivity index (χ3n) is 7.62. The first-order valence-electron chi connectivity index (χ1n) is 13.1. The zero-order valence-electron chi connectivity index (χ0n) is 22.0. The number of hydrogen-bond acceptors (Lipinski definition) is 6. The van der Waals surface area contributed by atoms with Crippen LogP contribution in [-0.4, -0.2) is 27.8 Å². The average molecular weight is 502 g/mol. The lowest BCUT2D eigenvalue weighted by Gasteiger charge is -2.19. The first kappa shape index (κ1) is 25.2. The number of hydrogen-bond donors (Lipinski definition) is 3. The Bertz CT molecular complexity index is 1430. The molecule has 4 aromatic rings. The van der Waals surface area contributed by atoms with Gasteiger partial charge >= 0.3 is 0 Å². The first-order valence-corrected chi connectivity index (χ1v) is 13.1. The van der Waals surface area contributed by atoms with Crippen LogP contribution in [0.5, 0.6) is 5.75 Å². The van der Waals surface area contributed by atoms with E-state index >= 15 is 0 Å². The van der Waals surface area contributed by atoms with Gasteiger partial charge in [-0.3, -0.25) is 4.79 Å². The number of rotatable bonds is 9. The van der Waals surface area contributed by atoms with Crippen molar-refractivity contribution in [1.29, 1.82) is 0 Å². The Balaban J connectivity index is 1.31. The van der Waals surface area contributed by atoms with Crippen molar-refractivity contribution in [3.63, 3.8) is 0 Å². The molecule has 1 aliphatic rings. The maximum atomic E-state index is 12.1. The zero-order chi connectivity index (χ0) is 26.1. The highest BCUT2D eigenvalue weighted by Crippen LogP contribution is 2.31. The molecular formula is C30H35N3O4. The van der Waals surface area contributed by atoms with Crippen molar-refractivity contribution in [2.45, 2.75) is 72.1 Å². The number of aryl methyl sites for hydroxylation is 4. The number of aliphatic hydroxyl groups excluding tert-OH is 1. The number of ether oxygens (including phenoxy) is 1. The van der Waals surface area contributed by atoms with Crippen molar-refractivity contribution in [2.24, 2.45) is 0 Å². The van der Waals surface area contributed by atoms with Crippen LogP contribution >= 0.6 is 0 Å². The van der Waals surface area contributed by atoms with Crippen LogP contribution in [0.3, 0.4) is 0 Å². The molecule has 0 saturated carbocycles. The summed E-state index contributed by atoms with van der Waals surface area (Å²) in [6.07, 6.45) is 3.33. The Kier molecular flexibility index (Phi) is 7.17. The Labute approximate surface area is 216 Å². The van der Waals surface area contributed by atoms with E-state index in [0.717, 1.165) is 47.9 Å². The molecule has 0 saturated heterocycles. The molecule has 37 heavy (non-hydrogen) atoms. The van der Waals surface area contributed by atoms with Gasteiger partial charge in [0.2, 0.25) is 5.56 Å². The molecule has 7 nitrogen and oxygen atoms in total. The molecule has 0 bridgehead atoms. The number of benzene rings is 2. The van der Waals surface area contributed by atoms with Crippen LogP contribution in [0.15, 0.2) is 45.7 Å². The maximum absolute atomic E-state index is 12.1. The predicted molar refractivity (Wildman–Crippen MR) is 144 cm³/mol. The lowest BCUT2D eigenvalue weighted by atomic mass is 9.97. The molecule has 0 aliphatic heterocycles. The second-order valence-corrected chi connectivity index (χ2v) is 9.98. The smallest absolute Gasteiger partial charge is 0.248 e. The lowest BCUT2D eigenvalue weighted by molar-refractivity contribution is 0.171. The van der Waals surface area contributed by atoms with Crippen molar-refractivity contribution in [3.05, 3.63) is 91.6 Å². The van der Waals surface area contributed by atoms with Crippen LogP contribution in [0.4, 0.5) is 0 Å². The predicted octanol–water partition coefficient (Wildman–Crippen LogP) is 4.63. The van der Waals surface area contributed by atoms with Gasteiger partial charge in [-0.05, 0) is 79.5 Å². The quantitative estimate of drug-likeness (QED) is 0.309. The molecule has 2 heterocycles. The molecule has 7 heteroatoms. The van der Waals surface area contributed by atoms with Gasteiger partial charge in [-0.25, -0.2) is 0 Å². The highest BCUT2D eigenvalue weighted by atomic mass is 16.5. The number of aliphatic hydroxyl groups is 1. The summed E-state index contributed by atoms with van der Waals surface area (Å²) in [5, 5.41) is 19.5. The molecule has 0 radical (unpaired) electrons. The number of aromatic nitrogens is 2. The molecule has 194 valence electrons. The van der Waals surface area contributed by atoms with Gasteiger partial charge in [0.05, 0.1) is 22.9 Å². The van der Waals surface area contributed by atoms with E-state index in [0.29, 0.717) is 29.6 Å². The highest BCUT2D eigenvalue weighted by molar-refractivity contribution is 5.87. The minimum absolute atomic E-state index is 0.221. The Morgan fingerprint density at radius 2 is 1.81 bits per heavy atom. The lowest BCUT2D eigenvalue weighted by Crippen LogP contribution is -2.33. The molecular weight excluding hydrogens is 466 g/mol. The molecule has 1 atom stereocenters. The van der Waals surface area contributed by atoms with E-state index < -0.39 is 6.10 Å². The standard InChI is InChI=1S/C30H35N3O4/c1-5-19-11-21-13-23(14-22(21)12-20(19)6-2)31-15-27(34)24-7-9-28(30-25(24)8-10-29(35)32-30)36-16-26-17(3)33-37-18(26)4/h7-12,23,27,31,34H,5-6,13-16H2,1-4H3,(H,32,35)/t27-/m1/s1. The molecule has 0 amide bonds. The van der Waals surface area contributed by atoms with Gasteiger partial charge < -0.3 is 24.7 Å². The summed E-state index contributed by atoms with van der Waals surface area (Å²) in [7, 11) is 0. The summed E-state index contributed by atoms with van der Waals surface area (Å²) in [6, 6.07) is 12.0. The SMILES string of the molecule is CCc1cc2c(cc1CC)CC(NC[C@@H](O)c1ccc(OCc3c(C)noc3C)c3[nH]c(=O)ccc13)C2. The fraction of sp³-hybridized carbons (Fsp3) is 0.400. The number of fused-ring (bicyclic) bond motifs is 2. The van der Waals surface area contributed by atoms with Gasteiger partial charge in [-0.1, -0.05) is 37.2 Å².